The quantitative estimate of drug-likeness (QED) is 0.132. The number of nitrogens with two attached hydrogens (primary N) is 1. The van der Waals surface area contributed by atoms with Gasteiger partial charge in [-0.25, -0.2) is 19.5 Å². The molecule has 2 aromatic carbocycles. The number of pyridine rings is 1. The zero-order valence-corrected chi connectivity index (χ0v) is 27.2. The van der Waals surface area contributed by atoms with E-state index in [2.05, 4.69) is 24.5 Å². The number of hydrogen-bond donors (Lipinski definition) is 5. The highest BCUT2D eigenvalue weighted by molar-refractivity contribution is 7.46. The Morgan fingerprint density at radius 3 is 2.25 bits per heavy atom. The lowest BCUT2D eigenvalue weighted by atomic mass is 10.0. The van der Waals surface area contributed by atoms with Gasteiger partial charge in [0, 0.05) is 18.0 Å². The third-order valence-corrected chi connectivity index (χ3v) is 8.06. The fourth-order valence-corrected chi connectivity index (χ4v) is 5.55. The van der Waals surface area contributed by atoms with E-state index in [4.69, 9.17) is 39.2 Å². The van der Waals surface area contributed by atoms with Crippen LogP contribution in [0.15, 0.2) is 55.2 Å². The van der Waals surface area contributed by atoms with Gasteiger partial charge < -0.3 is 49.4 Å². The van der Waals surface area contributed by atoms with Crippen LogP contribution in [0.3, 0.4) is 0 Å². The molecule has 4 atom stereocenters. The van der Waals surface area contributed by atoms with Gasteiger partial charge in [-0.2, -0.15) is 0 Å². The minimum absolute atomic E-state index is 0.142. The average Bonchev–Trinajstić information content (AvgIpc) is 3.63. The molecule has 48 heavy (non-hydrogen) atoms. The number of methoxy groups -OCH3 is 4. The van der Waals surface area contributed by atoms with Gasteiger partial charge in [0.1, 0.15) is 30.2 Å². The second kappa shape index (κ2) is 14.7. The highest BCUT2D eigenvalue weighted by Gasteiger charge is 2.45. The van der Waals surface area contributed by atoms with Crippen LogP contribution in [-0.2, 0) is 20.2 Å². The zero-order valence-electron chi connectivity index (χ0n) is 26.3. The molecule has 1 aliphatic rings. The van der Waals surface area contributed by atoms with Gasteiger partial charge >= 0.3 is 7.82 Å². The van der Waals surface area contributed by atoms with E-state index in [0.29, 0.717) is 34.9 Å². The van der Waals surface area contributed by atoms with Gasteiger partial charge in [-0.3, -0.25) is 14.1 Å². The molecular formula is C30H35N6O11P. The lowest BCUT2D eigenvalue weighted by molar-refractivity contribution is -0.0504. The van der Waals surface area contributed by atoms with Gasteiger partial charge in [0.05, 0.1) is 47.1 Å². The number of nitrogen functional groups attached to an aromatic ring is 1. The summed E-state index contributed by atoms with van der Waals surface area (Å²) in [5.41, 5.74) is 8.30. The van der Waals surface area contributed by atoms with E-state index in [1.807, 2.05) is 42.6 Å². The fraction of sp³-hybridized carbons (Fsp3) is 0.333. The van der Waals surface area contributed by atoms with Crippen LogP contribution in [0.1, 0.15) is 17.5 Å². The lowest BCUT2D eigenvalue weighted by Gasteiger charge is -2.16. The first-order valence-electron chi connectivity index (χ1n) is 14.3. The second-order valence-electron chi connectivity index (χ2n) is 10.5. The number of aromatic nitrogens is 5. The predicted molar refractivity (Wildman–Crippen MR) is 171 cm³/mol. The Bertz CT molecular complexity index is 1940. The Morgan fingerprint density at radius 2 is 1.56 bits per heavy atom. The minimum Gasteiger partial charge on any atom is -0.493 e. The van der Waals surface area contributed by atoms with E-state index in [0.717, 1.165) is 22.0 Å². The van der Waals surface area contributed by atoms with Crippen molar-refractivity contribution in [2.24, 2.45) is 0 Å². The highest BCUT2D eigenvalue weighted by atomic mass is 31.2. The van der Waals surface area contributed by atoms with Crippen molar-refractivity contribution >= 4 is 35.6 Å². The van der Waals surface area contributed by atoms with Crippen molar-refractivity contribution < 1.29 is 52.8 Å². The number of rotatable bonds is 10. The molecule has 1 fully saturated rings. The van der Waals surface area contributed by atoms with Gasteiger partial charge in [0.2, 0.25) is 0 Å². The van der Waals surface area contributed by atoms with Crippen LogP contribution < -0.4 is 24.7 Å². The Morgan fingerprint density at radius 1 is 0.875 bits per heavy atom. The molecule has 18 heteroatoms. The number of phosphoric ester groups is 1. The molecule has 3 aromatic heterocycles. The van der Waals surface area contributed by atoms with Crippen LogP contribution in [0.2, 0.25) is 0 Å². The summed E-state index contributed by atoms with van der Waals surface area (Å²) in [5.74, 6) is 2.96. The van der Waals surface area contributed by atoms with Crippen molar-refractivity contribution in [3.05, 3.63) is 66.5 Å². The summed E-state index contributed by atoms with van der Waals surface area (Å²) < 4.78 is 43.3. The van der Waals surface area contributed by atoms with E-state index in [1.54, 1.807) is 28.4 Å². The summed E-state index contributed by atoms with van der Waals surface area (Å²) >= 11 is 0. The zero-order chi connectivity index (χ0) is 34.6. The van der Waals surface area contributed by atoms with E-state index >= 15 is 0 Å². The first kappa shape index (κ1) is 34.7. The molecule has 0 unspecified atom stereocenters. The molecule has 1 saturated heterocycles. The molecule has 17 nitrogen and oxygen atoms in total. The Kier molecular flexibility index (Phi) is 10.6. The number of imidazole rings is 1. The van der Waals surface area contributed by atoms with Crippen molar-refractivity contribution in [2.75, 3.05) is 40.8 Å². The monoisotopic (exact) mass is 686 g/mol. The van der Waals surface area contributed by atoms with Crippen LogP contribution in [0.25, 0.3) is 21.9 Å². The molecule has 6 rings (SSSR count). The van der Waals surface area contributed by atoms with Crippen molar-refractivity contribution in [1.29, 1.82) is 0 Å². The Hall–Kier alpha value is -4.61. The molecular weight excluding hydrogens is 651 g/mol. The SMILES string of the molecule is COc1ccc(Cc2nccc3cc(OC)c(OC)cc23)cc1OC.Nc1ncnc2c1ncn2[C@@H]1O[C@H](COP(=O)(O)O)[C@@H](O)[C@H]1O. The number of phosphoric acid groups is 1. The van der Waals surface area contributed by atoms with Crippen LogP contribution in [-0.4, -0.2) is 97.9 Å². The number of aliphatic hydroxyl groups excluding tert-OH is 2. The number of aliphatic hydroxyl groups is 2. The van der Waals surface area contributed by atoms with E-state index < -0.39 is 39.0 Å². The number of hydrogen-bond acceptors (Lipinski definition) is 14. The smallest absolute Gasteiger partial charge is 0.469 e. The van der Waals surface area contributed by atoms with Crippen LogP contribution >= 0.6 is 7.82 Å². The summed E-state index contributed by atoms with van der Waals surface area (Å²) in [6.07, 6.45) is -0.00625. The molecule has 1 aliphatic heterocycles. The highest BCUT2D eigenvalue weighted by Crippen LogP contribution is 2.39. The van der Waals surface area contributed by atoms with E-state index in [9.17, 15) is 14.8 Å². The van der Waals surface area contributed by atoms with Crippen molar-refractivity contribution in [3.63, 3.8) is 0 Å². The number of ether oxygens (including phenoxy) is 5. The molecule has 0 amide bonds. The molecule has 0 spiro atoms. The third kappa shape index (κ3) is 7.42. The minimum atomic E-state index is -4.72. The molecule has 0 bridgehead atoms. The van der Waals surface area contributed by atoms with Gasteiger partial charge in [-0.15, -0.1) is 0 Å². The fourth-order valence-electron chi connectivity index (χ4n) is 5.21. The van der Waals surface area contributed by atoms with Gasteiger partial charge in [-0.05, 0) is 41.3 Å². The standard InChI is InChI=1S/C20H21NO4.C10H14N5O7P/c1-22-17-6-5-13(10-18(17)23-2)9-16-15-12-20(25-4)19(24-3)11-14(15)7-8-21-16;11-8-5-9(13-2-12-8)15(3-14-5)10-7(17)6(16)4(22-10)1-21-23(18,19)20/h5-8,10-12H,9H2,1-4H3;2-4,6-7,10,16-17H,1H2,(H2,11,12,13)(H2,18,19,20)/t;4-,6-,7-,10-/m.1/s1. The maximum atomic E-state index is 10.7. The first-order valence-corrected chi connectivity index (χ1v) is 15.9. The van der Waals surface area contributed by atoms with Crippen molar-refractivity contribution in [1.82, 2.24) is 24.5 Å². The summed E-state index contributed by atoms with van der Waals surface area (Å²) in [4.78, 5) is 33.8. The molecule has 0 saturated carbocycles. The van der Waals surface area contributed by atoms with Crippen LogP contribution in [0, 0.1) is 0 Å². The average molecular weight is 687 g/mol. The number of benzene rings is 2. The Balaban J connectivity index is 0.000000188. The molecule has 5 aromatic rings. The number of anilines is 1. The largest absolute Gasteiger partial charge is 0.493 e. The summed E-state index contributed by atoms with van der Waals surface area (Å²) in [5, 5.41) is 22.2. The molecule has 4 heterocycles. The van der Waals surface area contributed by atoms with Crippen molar-refractivity contribution in [3.8, 4) is 23.0 Å². The summed E-state index contributed by atoms with van der Waals surface area (Å²) in [7, 11) is 1.81. The lowest BCUT2D eigenvalue weighted by Crippen LogP contribution is -2.33. The Labute approximate surface area is 274 Å². The maximum Gasteiger partial charge on any atom is 0.469 e. The first-order chi connectivity index (χ1) is 23.0. The normalized spacial score (nSPS) is 19.2. The second-order valence-corrected chi connectivity index (χ2v) is 11.7. The number of nitrogens with zero attached hydrogens (tertiary/aromatic N) is 5. The number of fused-ring (bicyclic) bond motifs is 2. The van der Waals surface area contributed by atoms with Gasteiger partial charge in [-0.1, -0.05) is 6.07 Å². The van der Waals surface area contributed by atoms with Crippen LogP contribution in [0.4, 0.5) is 5.82 Å². The van der Waals surface area contributed by atoms with Gasteiger partial charge in [0.25, 0.3) is 0 Å². The van der Waals surface area contributed by atoms with Crippen molar-refractivity contribution in [2.45, 2.75) is 31.0 Å². The topological polar surface area (TPSA) is 236 Å². The predicted octanol–water partition coefficient (Wildman–Crippen LogP) is 2.00. The summed E-state index contributed by atoms with van der Waals surface area (Å²) in [6.45, 7) is -0.594. The molecule has 0 radical (unpaired) electrons. The molecule has 0 aliphatic carbocycles. The summed E-state index contributed by atoms with van der Waals surface area (Å²) in [6, 6.07) is 11.8. The van der Waals surface area contributed by atoms with Crippen LogP contribution in [0.5, 0.6) is 23.0 Å². The van der Waals surface area contributed by atoms with E-state index in [-0.39, 0.29) is 11.5 Å². The maximum absolute atomic E-state index is 10.7. The molecule has 256 valence electrons. The van der Waals surface area contributed by atoms with Gasteiger partial charge in [0.15, 0.2) is 40.7 Å². The van der Waals surface area contributed by atoms with E-state index in [1.165, 1.54) is 17.2 Å². The molecule has 6 N–H and O–H groups in total. The third-order valence-electron chi connectivity index (χ3n) is 7.58.